The van der Waals surface area contributed by atoms with E-state index in [1.54, 1.807) is 30.6 Å². The molecule has 4 nitrogen and oxygen atoms in total. The zero-order chi connectivity index (χ0) is 22.0. The number of fused-ring (bicyclic) bond motifs is 1. The summed E-state index contributed by atoms with van der Waals surface area (Å²) in [4.78, 5) is 17.1. The Labute approximate surface area is 205 Å². The van der Waals surface area contributed by atoms with E-state index < -0.39 is 0 Å². The summed E-state index contributed by atoms with van der Waals surface area (Å²) < 4.78 is 8.17. The fourth-order valence-corrected chi connectivity index (χ4v) is 5.77. The molecule has 8 heteroatoms. The van der Waals surface area contributed by atoms with Gasteiger partial charge < -0.3 is 10.1 Å². The lowest BCUT2D eigenvalue weighted by Gasteiger charge is -2.08. The molecule has 0 aliphatic rings. The van der Waals surface area contributed by atoms with Crippen LogP contribution in [0.15, 0.2) is 69.6 Å². The van der Waals surface area contributed by atoms with E-state index in [0.717, 1.165) is 35.3 Å². The average molecular weight is 579 g/mol. The number of hydrogen-bond donors (Lipinski definition) is 1. The van der Waals surface area contributed by atoms with Gasteiger partial charge in [0.2, 0.25) is 5.91 Å². The second-order valence-corrected chi connectivity index (χ2v) is 9.72. The Morgan fingerprint density at radius 3 is 2.71 bits per heavy atom. The lowest BCUT2D eigenvalue weighted by Crippen LogP contribution is -2.07. The SMILES string of the molecule is COc1c(Br)cc(Br)cc1/C=C/C(=O)Nc1ccc(-c2nc3ccccc3s2)c(Cl)c1. The summed E-state index contributed by atoms with van der Waals surface area (Å²) in [6.45, 7) is 0. The molecule has 1 aromatic heterocycles. The molecule has 0 unspecified atom stereocenters. The van der Waals surface area contributed by atoms with Crippen LogP contribution in [0.3, 0.4) is 0 Å². The van der Waals surface area contributed by atoms with Gasteiger partial charge in [0.25, 0.3) is 0 Å². The summed E-state index contributed by atoms with van der Waals surface area (Å²) >= 11 is 15.0. The third-order valence-corrected chi connectivity index (χ3v) is 6.85. The molecule has 0 aliphatic carbocycles. The van der Waals surface area contributed by atoms with Crippen molar-refractivity contribution in [3.63, 3.8) is 0 Å². The summed E-state index contributed by atoms with van der Waals surface area (Å²) in [5.41, 5.74) is 3.14. The van der Waals surface area contributed by atoms with Gasteiger partial charge in [0.1, 0.15) is 10.8 Å². The Hall–Kier alpha value is -2.19. The predicted octanol–water partition coefficient (Wildman–Crippen LogP) is 7.80. The first-order chi connectivity index (χ1) is 14.9. The minimum atomic E-state index is -0.276. The van der Waals surface area contributed by atoms with Crippen LogP contribution in [0.2, 0.25) is 5.02 Å². The monoisotopic (exact) mass is 576 g/mol. The molecule has 4 rings (SSSR count). The number of thiazole rings is 1. The standard InChI is InChI=1S/C23H15Br2ClN2O2S/c1-30-22-13(10-14(24)11-17(22)25)6-9-21(29)27-15-7-8-16(18(26)12-15)23-28-19-4-2-3-5-20(19)31-23/h2-12H,1H3,(H,27,29)/b9-6+. The van der Waals surface area contributed by atoms with Gasteiger partial charge in [0.15, 0.2) is 0 Å². The summed E-state index contributed by atoms with van der Waals surface area (Å²) in [5.74, 6) is 0.373. The molecule has 1 amide bonds. The number of methoxy groups -OCH3 is 1. The van der Waals surface area contributed by atoms with E-state index in [-0.39, 0.29) is 5.91 Å². The Morgan fingerprint density at radius 1 is 1.16 bits per heavy atom. The van der Waals surface area contributed by atoms with Crippen molar-refractivity contribution in [2.75, 3.05) is 12.4 Å². The molecule has 0 bridgehead atoms. The van der Waals surface area contributed by atoms with E-state index in [9.17, 15) is 4.79 Å². The number of anilines is 1. The Bertz CT molecular complexity index is 1290. The molecule has 0 radical (unpaired) electrons. The molecule has 3 aromatic carbocycles. The van der Waals surface area contributed by atoms with Crippen molar-refractivity contribution in [1.29, 1.82) is 0 Å². The molecule has 0 atom stereocenters. The summed E-state index contributed by atoms with van der Waals surface area (Å²) in [5, 5.41) is 4.20. The summed E-state index contributed by atoms with van der Waals surface area (Å²) in [6, 6.07) is 17.1. The highest BCUT2D eigenvalue weighted by Crippen LogP contribution is 2.36. The number of rotatable bonds is 5. The van der Waals surface area contributed by atoms with E-state index in [0.29, 0.717) is 16.5 Å². The fraction of sp³-hybridized carbons (Fsp3) is 0.0435. The number of carbonyl (C=O) groups excluding carboxylic acids is 1. The van der Waals surface area contributed by atoms with Crippen LogP contribution < -0.4 is 10.1 Å². The van der Waals surface area contributed by atoms with Gasteiger partial charge in [-0.25, -0.2) is 4.98 Å². The van der Waals surface area contributed by atoms with Gasteiger partial charge >= 0.3 is 0 Å². The van der Waals surface area contributed by atoms with Crippen molar-refractivity contribution in [3.8, 4) is 16.3 Å². The lowest BCUT2D eigenvalue weighted by atomic mass is 10.2. The molecular weight excluding hydrogens is 564 g/mol. The van der Waals surface area contributed by atoms with Gasteiger partial charge in [-0.1, -0.05) is 39.7 Å². The highest BCUT2D eigenvalue weighted by molar-refractivity contribution is 9.11. The van der Waals surface area contributed by atoms with Gasteiger partial charge in [-0.3, -0.25) is 4.79 Å². The Morgan fingerprint density at radius 2 is 1.97 bits per heavy atom. The number of benzene rings is 3. The Kier molecular flexibility index (Phi) is 6.77. The smallest absolute Gasteiger partial charge is 0.248 e. The lowest BCUT2D eigenvalue weighted by molar-refractivity contribution is -0.111. The van der Waals surface area contributed by atoms with Crippen molar-refractivity contribution in [1.82, 2.24) is 4.98 Å². The molecule has 31 heavy (non-hydrogen) atoms. The van der Waals surface area contributed by atoms with Crippen LogP contribution in [-0.2, 0) is 4.79 Å². The normalized spacial score (nSPS) is 11.2. The number of hydrogen-bond acceptors (Lipinski definition) is 4. The van der Waals surface area contributed by atoms with Crippen molar-refractivity contribution in [3.05, 3.63) is 80.2 Å². The molecular formula is C23H15Br2ClN2O2S. The third kappa shape index (κ3) is 5.01. The summed E-state index contributed by atoms with van der Waals surface area (Å²) in [7, 11) is 1.58. The summed E-state index contributed by atoms with van der Waals surface area (Å²) in [6.07, 6.45) is 3.15. The van der Waals surface area contributed by atoms with E-state index in [1.807, 2.05) is 48.5 Å². The first kappa shape index (κ1) is 22.0. The number of carbonyl (C=O) groups is 1. The molecule has 156 valence electrons. The number of ether oxygens (including phenoxy) is 1. The maximum atomic E-state index is 12.4. The van der Waals surface area contributed by atoms with E-state index in [2.05, 4.69) is 42.2 Å². The van der Waals surface area contributed by atoms with Crippen LogP contribution in [-0.4, -0.2) is 18.0 Å². The maximum Gasteiger partial charge on any atom is 0.248 e. The topological polar surface area (TPSA) is 51.2 Å². The fourth-order valence-electron chi connectivity index (χ4n) is 3.02. The Balaban J connectivity index is 1.52. The minimum absolute atomic E-state index is 0.276. The third-order valence-electron chi connectivity index (χ3n) is 4.42. The van der Waals surface area contributed by atoms with Crippen LogP contribution in [0.25, 0.3) is 26.9 Å². The molecule has 0 spiro atoms. The maximum absolute atomic E-state index is 12.4. The zero-order valence-electron chi connectivity index (χ0n) is 16.2. The quantitative estimate of drug-likeness (QED) is 0.246. The van der Waals surface area contributed by atoms with Gasteiger partial charge in [0.05, 0.1) is 26.8 Å². The van der Waals surface area contributed by atoms with Crippen LogP contribution >= 0.6 is 54.8 Å². The average Bonchev–Trinajstić information content (AvgIpc) is 3.16. The van der Waals surface area contributed by atoms with Crippen LogP contribution in [0, 0.1) is 0 Å². The molecule has 1 heterocycles. The number of amides is 1. The van der Waals surface area contributed by atoms with Crippen molar-refractivity contribution in [2.24, 2.45) is 0 Å². The molecule has 0 saturated carbocycles. The molecule has 0 saturated heterocycles. The van der Waals surface area contributed by atoms with E-state index in [1.165, 1.54) is 6.08 Å². The van der Waals surface area contributed by atoms with Crippen LogP contribution in [0.1, 0.15) is 5.56 Å². The minimum Gasteiger partial charge on any atom is -0.495 e. The van der Waals surface area contributed by atoms with Gasteiger partial charge in [-0.15, -0.1) is 11.3 Å². The predicted molar refractivity (Wildman–Crippen MR) is 136 cm³/mol. The molecule has 0 aliphatic heterocycles. The number of nitrogens with one attached hydrogen (secondary N) is 1. The number of halogens is 3. The highest BCUT2D eigenvalue weighted by Gasteiger charge is 2.11. The van der Waals surface area contributed by atoms with E-state index in [4.69, 9.17) is 16.3 Å². The number of para-hydroxylation sites is 1. The highest BCUT2D eigenvalue weighted by atomic mass is 79.9. The zero-order valence-corrected chi connectivity index (χ0v) is 20.9. The van der Waals surface area contributed by atoms with Gasteiger partial charge in [-0.2, -0.15) is 0 Å². The van der Waals surface area contributed by atoms with Gasteiger partial charge in [0, 0.05) is 27.4 Å². The van der Waals surface area contributed by atoms with Crippen LogP contribution in [0.4, 0.5) is 5.69 Å². The van der Waals surface area contributed by atoms with Gasteiger partial charge in [-0.05, 0) is 64.5 Å². The van der Waals surface area contributed by atoms with Crippen molar-refractivity contribution >= 4 is 82.7 Å². The molecule has 0 fully saturated rings. The largest absolute Gasteiger partial charge is 0.495 e. The van der Waals surface area contributed by atoms with Crippen molar-refractivity contribution < 1.29 is 9.53 Å². The van der Waals surface area contributed by atoms with E-state index >= 15 is 0 Å². The number of aromatic nitrogens is 1. The second-order valence-electron chi connectivity index (χ2n) is 6.51. The second kappa shape index (κ2) is 9.53. The van der Waals surface area contributed by atoms with Crippen molar-refractivity contribution in [2.45, 2.75) is 0 Å². The number of nitrogens with zero attached hydrogens (tertiary/aromatic N) is 1. The first-order valence-corrected chi connectivity index (χ1v) is 11.9. The van der Waals surface area contributed by atoms with Crippen LogP contribution in [0.5, 0.6) is 5.75 Å². The molecule has 1 N–H and O–H groups in total. The first-order valence-electron chi connectivity index (χ1n) is 9.12. The molecule has 4 aromatic rings.